The third-order valence-electron chi connectivity index (χ3n) is 1.57. The van der Waals surface area contributed by atoms with Gasteiger partial charge in [0, 0.05) is 33.0 Å². The van der Waals surface area contributed by atoms with Crippen LogP contribution in [-0.2, 0) is 11.8 Å². The first-order valence-corrected chi connectivity index (χ1v) is 5.38. The summed E-state index contributed by atoms with van der Waals surface area (Å²) in [6.07, 6.45) is 0. The van der Waals surface area contributed by atoms with E-state index in [1.54, 1.807) is 23.6 Å². The van der Waals surface area contributed by atoms with Crippen LogP contribution in [0.3, 0.4) is 0 Å². The summed E-state index contributed by atoms with van der Waals surface area (Å²) in [5, 5.41) is 15.2. The number of rotatable bonds is 7. The molecule has 0 aromatic carbocycles. The van der Waals surface area contributed by atoms with Crippen molar-refractivity contribution in [2.45, 2.75) is 5.16 Å². The molecule has 7 heteroatoms. The molecule has 0 unspecified atom stereocenters. The van der Waals surface area contributed by atoms with Crippen LogP contribution in [0, 0.1) is 0 Å². The zero-order valence-corrected chi connectivity index (χ0v) is 9.25. The number of aryl methyl sites for hydroxylation is 1. The van der Waals surface area contributed by atoms with Gasteiger partial charge in [-0.05, 0) is 10.4 Å². The normalized spacial score (nSPS) is 10.7. The predicted octanol–water partition coefficient (Wildman–Crippen LogP) is -0.462. The Labute approximate surface area is 87.4 Å². The summed E-state index contributed by atoms with van der Waals surface area (Å²) in [7, 11) is 3.53. The molecule has 0 saturated carbocycles. The molecule has 0 radical (unpaired) electrons. The molecule has 0 bridgehead atoms. The third-order valence-corrected chi connectivity index (χ3v) is 2.59. The third kappa shape index (κ3) is 4.03. The molecule has 0 saturated heterocycles. The highest BCUT2D eigenvalue weighted by Crippen LogP contribution is 2.10. The molecular weight excluding hydrogens is 202 g/mol. The Bertz CT molecular complexity index is 254. The molecule has 0 fully saturated rings. The number of thioether (sulfide) groups is 1. The lowest BCUT2D eigenvalue weighted by molar-refractivity contribution is 0.200. The van der Waals surface area contributed by atoms with Gasteiger partial charge in [-0.15, -0.1) is 5.10 Å². The van der Waals surface area contributed by atoms with Crippen LogP contribution in [-0.4, -0.2) is 52.8 Å². The second kappa shape index (κ2) is 6.74. The molecule has 1 aromatic heterocycles. The highest BCUT2D eigenvalue weighted by molar-refractivity contribution is 7.99. The maximum atomic E-state index is 4.91. The van der Waals surface area contributed by atoms with Crippen LogP contribution in [0.25, 0.3) is 0 Å². The van der Waals surface area contributed by atoms with E-state index in [0.29, 0.717) is 0 Å². The lowest BCUT2D eigenvalue weighted by Gasteiger charge is -2.02. The number of ether oxygens (including phenoxy) is 1. The maximum Gasteiger partial charge on any atom is 0.209 e. The zero-order chi connectivity index (χ0) is 10.2. The fraction of sp³-hybridized carbons (Fsp3) is 0.857. The average Bonchev–Trinajstić information content (AvgIpc) is 2.58. The van der Waals surface area contributed by atoms with Gasteiger partial charge in [0.2, 0.25) is 5.16 Å². The number of nitrogens with one attached hydrogen (secondary N) is 1. The van der Waals surface area contributed by atoms with Crippen LogP contribution in [0.2, 0.25) is 0 Å². The minimum absolute atomic E-state index is 0.746. The fourth-order valence-electron chi connectivity index (χ4n) is 0.857. The summed E-state index contributed by atoms with van der Waals surface area (Å²) >= 11 is 1.64. The number of aromatic nitrogens is 4. The zero-order valence-electron chi connectivity index (χ0n) is 8.43. The van der Waals surface area contributed by atoms with E-state index in [9.17, 15) is 0 Å². The number of hydrogen-bond acceptors (Lipinski definition) is 6. The summed E-state index contributed by atoms with van der Waals surface area (Å²) in [6.45, 7) is 2.56. The van der Waals surface area contributed by atoms with Gasteiger partial charge in [0.15, 0.2) is 0 Å². The SMILES string of the molecule is COCCNCCSc1nnnn1C. The molecular formula is C7H15N5OS. The van der Waals surface area contributed by atoms with Crippen LogP contribution in [0.1, 0.15) is 0 Å². The standard InChI is InChI=1S/C7H15N5OS/c1-12-7(9-10-11-12)14-6-4-8-3-5-13-2/h8H,3-6H2,1-2H3. The van der Waals surface area contributed by atoms with E-state index in [0.717, 1.165) is 30.6 Å². The second-order valence-corrected chi connectivity index (χ2v) is 3.74. The van der Waals surface area contributed by atoms with Crippen molar-refractivity contribution in [3.63, 3.8) is 0 Å². The minimum atomic E-state index is 0.746. The Hall–Kier alpha value is -0.660. The van der Waals surface area contributed by atoms with E-state index < -0.39 is 0 Å². The van der Waals surface area contributed by atoms with Crippen LogP contribution in [0.15, 0.2) is 5.16 Å². The topological polar surface area (TPSA) is 64.9 Å². The Morgan fingerprint density at radius 2 is 2.36 bits per heavy atom. The molecule has 1 rings (SSSR count). The molecule has 0 aliphatic heterocycles. The van der Waals surface area contributed by atoms with E-state index >= 15 is 0 Å². The first kappa shape index (κ1) is 11.4. The van der Waals surface area contributed by atoms with Crippen molar-refractivity contribution in [3.05, 3.63) is 0 Å². The Morgan fingerprint density at radius 1 is 1.50 bits per heavy atom. The van der Waals surface area contributed by atoms with E-state index in [1.807, 2.05) is 7.05 Å². The van der Waals surface area contributed by atoms with Crippen LogP contribution < -0.4 is 5.32 Å². The molecule has 0 aliphatic rings. The largest absolute Gasteiger partial charge is 0.383 e. The van der Waals surface area contributed by atoms with Crippen LogP contribution >= 0.6 is 11.8 Å². The highest BCUT2D eigenvalue weighted by Gasteiger charge is 2.00. The summed E-state index contributed by atoms with van der Waals surface area (Å²) in [4.78, 5) is 0. The van der Waals surface area contributed by atoms with E-state index in [1.165, 1.54) is 0 Å². The second-order valence-electron chi connectivity index (χ2n) is 2.68. The monoisotopic (exact) mass is 217 g/mol. The smallest absolute Gasteiger partial charge is 0.209 e. The van der Waals surface area contributed by atoms with Gasteiger partial charge in [-0.2, -0.15) is 0 Å². The lowest BCUT2D eigenvalue weighted by Crippen LogP contribution is -2.21. The number of nitrogens with zero attached hydrogens (tertiary/aromatic N) is 4. The van der Waals surface area contributed by atoms with Crippen molar-refractivity contribution < 1.29 is 4.74 Å². The summed E-state index contributed by atoms with van der Waals surface area (Å²) < 4.78 is 6.57. The first-order chi connectivity index (χ1) is 6.84. The van der Waals surface area contributed by atoms with Gasteiger partial charge in [-0.3, -0.25) is 0 Å². The quantitative estimate of drug-likeness (QED) is 0.492. The predicted molar refractivity (Wildman–Crippen MR) is 54.3 cm³/mol. The fourth-order valence-corrected chi connectivity index (χ4v) is 1.60. The van der Waals surface area contributed by atoms with Gasteiger partial charge < -0.3 is 10.1 Å². The van der Waals surface area contributed by atoms with Gasteiger partial charge >= 0.3 is 0 Å². The molecule has 1 aromatic rings. The molecule has 1 N–H and O–H groups in total. The minimum Gasteiger partial charge on any atom is -0.383 e. The van der Waals surface area contributed by atoms with Crippen molar-refractivity contribution in [1.29, 1.82) is 0 Å². The summed E-state index contributed by atoms with van der Waals surface area (Å²) in [6, 6.07) is 0. The number of methoxy groups -OCH3 is 1. The van der Waals surface area contributed by atoms with Crippen molar-refractivity contribution in [1.82, 2.24) is 25.5 Å². The van der Waals surface area contributed by atoms with E-state index in [4.69, 9.17) is 4.74 Å². The van der Waals surface area contributed by atoms with Crippen molar-refractivity contribution in [3.8, 4) is 0 Å². The molecule has 0 amide bonds. The summed E-state index contributed by atoms with van der Waals surface area (Å²) in [5.74, 6) is 0.956. The molecule has 1 heterocycles. The molecule has 6 nitrogen and oxygen atoms in total. The Morgan fingerprint density at radius 3 is 3.00 bits per heavy atom. The molecule has 0 aliphatic carbocycles. The van der Waals surface area contributed by atoms with Gasteiger partial charge in [0.1, 0.15) is 0 Å². The first-order valence-electron chi connectivity index (χ1n) is 4.39. The van der Waals surface area contributed by atoms with Gasteiger partial charge in [0.25, 0.3) is 0 Å². The van der Waals surface area contributed by atoms with Crippen molar-refractivity contribution in [2.75, 3.05) is 32.6 Å². The van der Waals surface area contributed by atoms with Gasteiger partial charge in [-0.1, -0.05) is 11.8 Å². The molecule has 14 heavy (non-hydrogen) atoms. The Kier molecular flexibility index (Phi) is 5.50. The van der Waals surface area contributed by atoms with Crippen molar-refractivity contribution in [2.24, 2.45) is 7.05 Å². The van der Waals surface area contributed by atoms with Crippen LogP contribution in [0.5, 0.6) is 0 Å². The Balaban J connectivity index is 2.02. The van der Waals surface area contributed by atoms with Crippen LogP contribution in [0.4, 0.5) is 0 Å². The number of hydrogen-bond donors (Lipinski definition) is 1. The van der Waals surface area contributed by atoms with E-state index in [-0.39, 0.29) is 0 Å². The van der Waals surface area contributed by atoms with Gasteiger partial charge in [0.05, 0.1) is 6.61 Å². The molecule has 0 spiro atoms. The maximum absolute atomic E-state index is 4.91. The number of tetrazole rings is 1. The molecule has 0 atom stereocenters. The average molecular weight is 217 g/mol. The van der Waals surface area contributed by atoms with Crippen molar-refractivity contribution >= 4 is 11.8 Å². The summed E-state index contributed by atoms with van der Waals surface area (Å²) in [5.41, 5.74) is 0. The van der Waals surface area contributed by atoms with Gasteiger partial charge in [-0.25, -0.2) is 4.68 Å². The lowest BCUT2D eigenvalue weighted by atomic mass is 10.6. The highest BCUT2D eigenvalue weighted by atomic mass is 32.2. The van der Waals surface area contributed by atoms with E-state index in [2.05, 4.69) is 20.8 Å². The molecule has 80 valence electrons.